The molecule has 0 saturated heterocycles. The third-order valence-electron chi connectivity index (χ3n) is 2.77. The van der Waals surface area contributed by atoms with E-state index in [-0.39, 0.29) is 0 Å². The minimum absolute atomic E-state index is 0.561. The second-order valence-corrected chi connectivity index (χ2v) is 5.45. The van der Waals surface area contributed by atoms with Gasteiger partial charge in [0.2, 0.25) is 0 Å². The second kappa shape index (κ2) is 5.21. The number of aryl methyl sites for hydroxylation is 2. The van der Waals surface area contributed by atoms with E-state index < -0.39 is 0 Å². The van der Waals surface area contributed by atoms with Gasteiger partial charge >= 0.3 is 0 Å². The number of para-hydroxylation sites is 1. The molecule has 0 aliphatic heterocycles. The fourth-order valence-electron chi connectivity index (χ4n) is 1.82. The lowest BCUT2D eigenvalue weighted by molar-refractivity contribution is 1.33. The molecule has 0 aliphatic carbocycles. The van der Waals surface area contributed by atoms with Gasteiger partial charge in [-0.15, -0.1) is 0 Å². The third kappa shape index (κ3) is 2.62. The van der Waals surface area contributed by atoms with Crippen LogP contribution in [0.25, 0.3) is 0 Å². The summed E-state index contributed by atoms with van der Waals surface area (Å²) in [5, 5.41) is 3.85. The fourth-order valence-corrected chi connectivity index (χ4v) is 2.22. The van der Waals surface area contributed by atoms with E-state index in [9.17, 15) is 0 Å². The van der Waals surface area contributed by atoms with Crippen LogP contribution in [0.1, 0.15) is 11.1 Å². The first-order chi connectivity index (χ1) is 8.49. The minimum atomic E-state index is 0.561. The van der Waals surface area contributed by atoms with Gasteiger partial charge in [0.05, 0.1) is 16.4 Å². The summed E-state index contributed by atoms with van der Waals surface area (Å²) in [7, 11) is 0. The van der Waals surface area contributed by atoms with Gasteiger partial charge in [-0.05, 0) is 49.2 Å². The molecule has 2 aromatic carbocycles. The Bertz CT molecular complexity index is 573. The van der Waals surface area contributed by atoms with Crippen molar-refractivity contribution in [2.45, 2.75) is 13.8 Å². The molecule has 0 aromatic heterocycles. The normalized spacial score (nSPS) is 10.4. The Morgan fingerprint density at radius 1 is 1.17 bits per heavy atom. The summed E-state index contributed by atoms with van der Waals surface area (Å²) in [5.74, 6) is 0. The Morgan fingerprint density at radius 2 is 1.78 bits per heavy atom. The zero-order valence-electron chi connectivity index (χ0n) is 10.2. The molecule has 0 radical (unpaired) electrons. The predicted octanol–water partition coefficient (Wildman–Crippen LogP) is 5.05. The van der Waals surface area contributed by atoms with Crippen molar-refractivity contribution in [3.63, 3.8) is 0 Å². The van der Waals surface area contributed by atoms with Crippen LogP contribution in [0, 0.1) is 13.8 Å². The van der Waals surface area contributed by atoms with E-state index in [4.69, 9.17) is 17.3 Å². The molecule has 0 spiro atoms. The predicted molar refractivity (Wildman–Crippen MR) is 82.8 cm³/mol. The minimum Gasteiger partial charge on any atom is -0.396 e. The van der Waals surface area contributed by atoms with Crippen LogP contribution in [0.4, 0.5) is 17.1 Å². The topological polar surface area (TPSA) is 38.0 Å². The summed E-state index contributed by atoms with van der Waals surface area (Å²) in [4.78, 5) is 0. The Kier molecular flexibility index (Phi) is 3.83. The van der Waals surface area contributed by atoms with Crippen LogP contribution in [0.3, 0.4) is 0 Å². The number of nitrogen functional groups attached to an aromatic ring is 1. The summed E-state index contributed by atoms with van der Waals surface area (Å²) >= 11 is 9.55. The zero-order valence-corrected chi connectivity index (χ0v) is 12.6. The van der Waals surface area contributed by atoms with Crippen molar-refractivity contribution in [3.05, 3.63) is 51.0 Å². The molecule has 0 saturated carbocycles. The molecule has 0 heterocycles. The molecule has 18 heavy (non-hydrogen) atoms. The average Bonchev–Trinajstić information content (AvgIpc) is 2.32. The van der Waals surface area contributed by atoms with Crippen molar-refractivity contribution in [2.75, 3.05) is 11.1 Å². The van der Waals surface area contributed by atoms with E-state index in [1.807, 2.05) is 12.1 Å². The molecule has 94 valence electrons. The Balaban J connectivity index is 2.37. The summed E-state index contributed by atoms with van der Waals surface area (Å²) in [6.07, 6.45) is 0. The van der Waals surface area contributed by atoms with Crippen molar-refractivity contribution in [1.82, 2.24) is 0 Å². The summed E-state index contributed by atoms with van der Waals surface area (Å²) < 4.78 is 1.13. The van der Waals surface area contributed by atoms with Gasteiger partial charge < -0.3 is 11.1 Å². The highest BCUT2D eigenvalue weighted by atomic mass is 79.9. The van der Waals surface area contributed by atoms with Crippen LogP contribution in [-0.2, 0) is 0 Å². The molecular weight excluding hydrogens is 312 g/mol. The molecule has 0 fully saturated rings. The second-order valence-electron chi connectivity index (χ2n) is 4.25. The standard InChI is InChI=1S/C14H14BrClN2/c1-8-6-10(7-9(2)13(8)15)18-12-5-3-4-11(16)14(12)17/h3-7,18H,17H2,1-2H3. The van der Waals surface area contributed by atoms with Gasteiger partial charge in [0.25, 0.3) is 0 Å². The molecule has 2 rings (SSSR count). The number of halogens is 2. The highest BCUT2D eigenvalue weighted by molar-refractivity contribution is 9.10. The van der Waals surface area contributed by atoms with E-state index >= 15 is 0 Å². The Labute approximate surface area is 120 Å². The number of anilines is 3. The molecule has 0 bridgehead atoms. The van der Waals surface area contributed by atoms with Crippen LogP contribution in [0.2, 0.25) is 5.02 Å². The van der Waals surface area contributed by atoms with E-state index in [0.29, 0.717) is 10.7 Å². The summed E-state index contributed by atoms with van der Waals surface area (Å²) in [6, 6.07) is 9.70. The van der Waals surface area contributed by atoms with Crippen molar-refractivity contribution in [1.29, 1.82) is 0 Å². The van der Waals surface area contributed by atoms with Crippen LogP contribution in [-0.4, -0.2) is 0 Å². The number of nitrogens with one attached hydrogen (secondary N) is 1. The van der Waals surface area contributed by atoms with Gasteiger partial charge in [0.1, 0.15) is 0 Å². The SMILES string of the molecule is Cc1cc(Nc2cccc(Cl)c2N)cc(C)c1Br. The molecule has 3 N–H and O–H groups in total. The van der Waals surface area contributed by atoms with E-state index in [0.717, 1.165) is 15.8 Å². The Hall–Kier alpha value is -1.19. The molecule has 4 heteroatoms. The number of hydrogen-bond donors (Lipinski definition) is 2. The molecule has 2 nitrogen and oxygen atoms in total. The van der Waals surface area contributed by atoms with Crippen molar-refractivity contribution < 1.29 is 0 Å². The van der Waals surface area contributed by atoms with Crippen LogP contribution >= 0.6 is 27.5 Å². The third-order valence-corrected chi connectivity index (χ3v) is 4.35. The molecular formula is C14H14BrClN2. The number of benzene rings is 2. The first kappa shape index (κ1) is 13.2. The van der Waals surface area contributed by atoms with Crippen LogP contribution < -0.4 is 11.1 Å². The molecule has 0 unspecified atom stereocenters. The maximum absolute atomic E-state index is 6.00. The monoisotopic (exact) mass is 324 g/mol. The van der Waals surface area contributed by atoms with Gasteiger partial charge in [-0.1, -0.05) is 33.6 Å². The highest BCUT2D eigenvalue weighted by Gasteiger charge is 2.06. The smallest absolute Gasteiger partial charge is 0.0742 e. The van der Waals surface area contributed by atoms with E-state index in [1.165, 1.54) is 11.1 Å². The highest BCUT2D eigenvalue weighted by Crippen LogP contribution is 2.31. The first-order valence-corrected chi connectivity index (χ1v) is 6.74. The largest absolute Gasteiger partial charge is 0.396 e. The lowest BCUT2D eigenvalue weighted by Gasteiger charge is -2.13. The van der Waals surface area contributed by atoms with Crippen molar-refractivity contribution in [3.8, 4) is 0 Å². The van der Waals surface area contributed by atoms with Gasteiger partial charge in [0.15, 0.2) is 0 Å². The lowest BCUT2D eigenvalue weighted by Crippen LogP contribution is -1.98. The zero-order chi connectivity index (χ0) is 13.3. The average molecular weight is 326 g/mol. The maximum Gasteiger partial charge on any atom is 0.0742 e. The van der Waals surface area contributed by atoms with Gasteiger partial charge in [0, 0.05) is 10.2 Å². The molecule has 0 atom stereocenters. The summed E-state index contributed by atoms with van der Waals surface area (Å²) in [6.45, 7) is 4.12. The molecule has 0 aliphatic rings. The van der Waals surface area contributed by atoms with Gasteiger partial charge in [-0.25, -0.2) is 0 Å². The lowest BCUT2D eigenvalue weighted by atomic mass is 10.1. The quantitative estimate of drug-likeness (QED) is 0.759. The fraction of sp³-hybridized carbons (Fsp3) is 0.143. The number of hydrogen-bond acceptors (Lipinski definition) is 2. The van der Waals surface area contributed by atoms with Crippen molar-refractivity contribution >= 4 is 44.6 Å². The number of nitrogens with two attached hydrogens (primary N) is 1. The van der Waals surface area contributed by atoms with Gasteiger partial charge in [-0.3, -0.25) is 0 Å². The number of rotatable bonds is 2. The molecule has 2 aromatic rings. The van der Waals surface area contributed by atoms with Gasteiger partial charge in [-0.2, -0.15) is 0 Å². The Morgan fingerprint density at radius 3 is 2.39 bits per heavy atom. The van der Waals surface area contributed by atoms with E-state index in [2.05, 4.69) is 47.2 Å². The van der Waals surface area contributed by atoms with Crippen LogP contribution in [0.15, 0.2) is 34.8 Å². The van der Waals surface area contributed by atoms with Crippen molar-refractivity contribution in [2.24, 2.45) is 0 Å². The molecule has 0 amide bonds. The van der Waals surface area contributed by atoms with Crippen LogP contribution in [0.5, 0.6) is 0 Å². The maximum atomic E-state index is 6.00. The van der Waals surface area contributed by atoms with E-state index in [1.54, 1.807) is 6.07 Å². The first-order valence-electron chi connectivity index (χ1n) is 5.57. The summed E-state index contributed by atoms with van der Waals surface area (Å²) in [5.41, 5.74) is 10.7.